The third-order valence-electron chi connectivity index (χ3n) is 4.68. The van der Waals surface area contributed by atoms with E-state index in [9.17, 15) is 13.2 Å². The van der Waals surface area contributed by atoms with Gasteiger partial charge in [0.05, 0.1) is 30.7 Å². The summed E-state index contributed by atoms with van der Waals surface area (Å²) in [6, 6.07) is 16.8. The number of halogens is 3. The molecule has 0 aliphatic heterocycles. The third kappa shape index (κ3) is 3.61. The van der Waals surface area contributed by atoms with Gasteiger partial charge >= 0.3 is 6.18 Å². The molecule has 0 unspecified atom stereocenters. The summed E-state index contributed by atoms with van der Waals surface area (Å²) in [5, 5.41) is 4.20. The van der Waals surface area contributed by atoms with Crippen molar-refractivity contribution in [2.75, 3.05) is 14.2 Å². The lowest BCUT2D eigenvalue weighted by Gasteiger charge is -2.11. The van der Waals surface area contributed by atoms with Crippen LogP contribution in [-0.2, 0) is 17.5 Å². The van der Waals surface area contributed by atoms with Gasteiger partial charge in [0, 0.05) is 12.7 Å². The predicted molar refractivity (Wildman–Crippen MR) is 106 cm³/mol. The maximum atomic E-state index is 13.9. The molecule has 0 aliphatic carbocycles. The molecular formula is C22H18F3N3O2. The molecule has 0 radical (unpaired) electrons. The van der Waals surface area contributed by atoms with Crippen molar-refractivity contribution in [3.05, 3.63) is 72.1 Å². The Morgan fingerprint density at radius 3 is 2.23 bits per heavy atom. The molecule has 0 amide bonds. The smallest absolute Gasteiger partial charge is 0.433 e. The zero-order valence-electron chi connectivity index (χ0n) is 16.3. The number of hydrogen-bond donors (Lipinski definition) is 0. The number of benzene rings is 2. The molecule has 4 rings (SSSR count). The van der Waals surface area contributed by atoms with Gasteiger partial charge < -0.3 is 9.47 Å². The van der Waals surface area contributed by atoms with E-state index < -0.39 is 11.9 Å². The van der Waals surface area contributed by atoms with Crippen LogP contribution in [0.1, 0.15) is 11.4 Å². The highest BCUT2D eigenvalue weighted by Crippen LogP contribution is 2.36. The fraction of sp³-hybridized carbons (Fsp3) is 0.182. The maximum Gasteiger partial charge on any atom is 0.433 e. The van der Waals surface area contributed by atoms with E-state index in [1.54, 1.807) is 61.7 Å². The Morgan fingerprint density at radius 1 is 0.933 bits per heavy atom. The summed E-state index contributed by atoms with van der Waals surface area (Å²) < 4.78 is 52.9. The first-order valence-electron chi connectivity index (χ1n) is 9.11. The van der Waals surface area contributed by atoms with E-state index in [1.807, 2.05) is 0 Å². The van der Waals surface area contributed by atoms with Crippen molar-refractivity contribution in [3.8, 4) is 28.1 Å². The van der Waals surface area contributed by atoms with Crippen LogP contribution in [0.4, 0.5) is 13.2 Å². The van der Waals surface area contributed by atoms with Crippen LogP contribution in [0.15, 0.2) is 60.7 Å². The van der Waals surface area contributed by atoms with E-state index >= 15 is 0 Å². The highest BCUT2D eigenvalue weighted by atomic mass is 19.4. The Morgan fingerprint density at radius 2 is 1.63 bits per heavy atom. The Kier molecular flexibility index (Phi) is 5.17. The highest BCUT2D eigenvalue weighted by molar-refractivity contribution is 5.82. The van der Waals surface area contributed by atoms with Crippen molar-refractivity contribution in [2.45, 2.75) is 12.8 Å². The van der Waals surface area contributed by atoms with Gasteiger partial charge in [0.15, 0.2) is 11.3 Å². The number of ether oxygens (including phenoxy) is 2. The lowest BCUT2D eigenvalue weighted by molar-refractivity contribution is -0.142. The van der Waals surface area contributed by atoms with Gasteiger partial charge in [-0.2, -0.15) is 18.3 Å². The number of aromatic nitrogens is 3. The molecule has 0 bridgehead atoms. The topological polar surface area (TPSA) is 48.7 Å². The average Bonchev–Trinajstić information content (AvgIpc) is 3.11. The van der Waals surface area contributed by atoms with Crippen molar-refractivity contribution in [3.63, 3.8) is 0 Å². The summed E-state index contributed by atoms with van der Waals surface area (Å²) in [7, 11) is 3.01. The number of rotatable bonds is 5. The molecule has 0 atom stereocenters. The van der Waals surface area contributed by atoms with E-state index in [2.05, 4.69) is 10.1 Å². The van der Waals surface area contributed by atoms with Gasteiger partial charge in [-0.3, -0.25) is 0 Å². The number of nitrogens with zero attached hydrogens (tertiary/aromatic N) is 3. The molecule has 0 spiro atoms. The van der Waals surface area contributed by atoms with Crippen molar-refractivity contribution in [1.29, 1.82) is 0 Å². The maximum absolute atomic E-state index is 13.9. The van der Waals surface area contributed by atoms with Gasteiger partial charge in [0.1, 0.15) is 5.75 Å². The Bertz CT molecular complexity index is 1170. The van der Waals surface area contributed by atoms with Crippen LogP contribution in [-0.4, -0.2) is 28.8 Å². The van der Waals surface area contributed by atoms with Crippen LogP contribution in [0.2, 0.25) is 0 Å². The van der Waals surface area contributed by atoms with Crippen molar-refractivity contribution < 1.29 is 22.6 Å². The Balaban J connectivity index is 2.04. The van der Waals surface area contributed by atoms with E-state index in [1.165, 1.54) is 7.11 Å². The predicted octanol–water partition coefficient (Wildman–Crippen LogP) is 5.24. The second kappa shape index (κ2) is 7.79. The zero-order chi connectivity index (χ0) is 21.3. The van der Waals surface area contributed by atoms with Crippen molar-refractivity contribution in [2.24, 2.45) is 0 Å². The number of fused-ring (bicyclic) bond motifs is 1. The average molecular weight is 413 g/mol. The van der Waals surface area contributed by atoms with E-state index in [0.717, 1.165) is 10.6 Å². The van der Waals surface area contributed by atoms with Crippen LogP contribution in [0, 0.1) is 0 Å². The SMILES string of the molecule is COCc1nn2c(C(F)(F)F)cc(-c3ccccc3)nc2c1-c1ccc(OC)cc1. The van der Waals surface area contributed by atoms with Gasteiger partial charge in [-0.05, 0) is 23.8 Å². The Hall–Kier alpha value is -3.39. The summed E-state index contributed by atoms with van der Waals surface area (Å²) in [6.45, 7) is 0.0443. The zero-order valence-corrected chi connectivity index (χ0v) is 16.3. The van der Waals surface area contributed by atoms with Crippen LogP contribution in [0.5, 0.6) is 5.75 Å². The second-order valence-corrected chi connectivity index (χ2v) is 6.61. The molecule has 2 heterocycles. The van der Waals surface area contributed by atoms with Crippen molar-refractivity contribution in [1.82, 2.24) is 14.6 Å². The first-order chi connectivity index (χ1) is 14.4. The number of alkyl halides is 3. The lowest BCUT2D eigenvalue weighted by Crippen LogP contribution is -2.14. The molecular weight excluding hydrogens is 395 g/mol. The number of methoxy groups -OCH3 is 2. The van der Waals surface area contributed by atoms with E-state index in [4.69, 9.17) is 9.47 Å². The minimum Gasteiger partial charge on any atom is -0.497 e. The van der Waals surface area contributed by atoms with Gasteiger partial charge in [0.25, 0.3) is 0 Å². The molecule has 0 saturated heterocycles. The summed E-state index contributed by atoms with van der Waals surface area (Å²) in [5.41, 5.74) is 1.54. The van der Waals surface area contributed by atoms with Gasteiger partial charge in [-0.15, -0.1) is 0 Å². The molecule has 0 aliphatic rings. The van der Waals surface area contributed by atoms with Crippen LogP contribution in [0.25, 0.3) is 28.0 Å². The fourth-order valence-corrected chi connectivity index (χ4v) is 3.31. The summed E-state index contributed by atoms with van der Waals surface area (Å²) in [5.74, 6) is 0.637. The van der Waals surface area contributed by atoms with Crippen LogP contribution >= 0.6 is 0 Å². The molecule has 0 N–H and O–H groups in total. The normalized spacial score (nSPS) is 11.8. The minimum absolute atomic E-state index is 0.0443. The van der Waals surface area contributed by atoms with Crippen LogP contribution in [0.3, 0.4) is 0 Å². The quantitative estimate of drug-likeness (QED) is 0.449. The summed E-state index contributed by atoms with van der Waals surface area (Å²) in [6.07, 6.45) is -4.61. The number of hydrogen-bond acceptors (Lipinski definition) is 4. The monoisotopic (exact) mass is 413 g/mol. The third-order valence-corrected chi connectivity index (χ3v) is 4.68. The first kappa shape index (κ1) is 19.9. The molecule has 30 heavy (non-hydrogen) atoms. The highest BCUT2D eigenvalue weighted by Gasteiger charge is 2.36. The standard InChI is InChI=1S/C22H18F3N3O2/c1-29-13-18-20(15-8-10-16(30-2)11-9-15)21-26-17(14-6-4-3-5-7-14)12-19(22(23,24)25)28(21)27-18/h3-12H,13H2,1-2H3. The van der Waals surface area contributed by atoms with Gasteiger partial charge in [-0.1, -0.05) is 42.5 Å². The van der Waals surface area contributed by atoms with E-state index in [0.29, 0.717) is 28.1 Å². The largest absolute Gasteiger partial charge is 0.497 e. The van der Waals surface area contributed by atoms with Crippen LogP contribution < -0.4 is 4.74 Å². The summed E-state index contributed by atoms with van der Waals surface area (Å²) >= 11 is 0. The van der Waals surface area contributed by atoms with Crippen molar-refractivity contribution >= 4 is 5.65 Å². The molecule has 5 nitrogen and oxygen atoms in total. The molecule has 4 aromatic rings. The molecule has 2 aromatic heterocycles. The molecule has 154 valence electrons. The molecule has 8 heteroatoms. The molecule has 2 aromatic carbocycles. The summed E-state index contributed by atoms with van der Waals surface area (Å²) in [4.78, 5) is 4.56. The Labute approximate surface area is 170 Å². The lowest BCUT2D eigenvalue weighted by atomic mass is 10.1. The van der Waals surface area contributed by atoms with E-state index in [-0.39, 0.29) is 17.9 Å². The minimum atomic E-state index is -4.61. The fourth-order valence-electron chi connectivity index (χ4n) is 3.31. The second-order valence-electron chi connectivity index (χ2n) is 6.61. The van der Waals surface area contributed by atoms with Gasteiger partial charge in [0.2, 0.25) is 0 Å². The first-order valence-corrected chi connectivity index (χ1v) is 9.11. The van der Waals surface area contributed by atoms with Gasteiger partial charge in [-0.25, -0.2) is 9.50 Å². The molecule has 0 saturated carbocycles. The molecule has 0 fully saturated rings.